The Morgan fingerprint density at radius 2 is 2.29 bits per heavy atom. The maximum atomic E-state index is 9.93. The van der Waals surface area contributed by atoms with Gasteiger partial charge in [-0.1, -0.05) is 6.07 Å². The van der Waals surface area contributed by atoms with Gasteiger partial charge < -0.3 is 15.3 Å². The number of aromatic nitrogens is 1. The average molecular weight is 235 g/mol. The van der Waals surface area contributed by atoms with Crippen molar-refractivity contribution >= 4 is 5.82 Å². The molecule has 0 spiro atoms. The lowest BCUT2D eigenvalue weighted by Crippen LogP contribution is -2.30. The van der Waals surface area contributed by atoms with E-state index in [2.05, 4.69) is 28.2 Å². The van der Waals surface area contributed by atoms with Crippen LogP contribution in [0.15, 0.2) is 18.3 Å². The van der Waals surface area contributed by atoms with E-state index in [0.29, 0.717) is 12.6 Å². The van der Waals surface area contributed by atoms with Crippen molar-refractivity contribution in [1.82, 2.24) is 10.3 Å². The van der Waals surface area contributed by atoms with Crippen LogP contribution in [0.4, 0.5) is 5.82 Å². The minimum atomic E-state index is -0.571. The van der Waals surface area contributed by atoms with E-state index in [1.165, 1.54) is 5.56 Å². The van der Waals surface area contributed by atoms with Crippen molar-refractivity contribution in [2.24, 2.45) is 0 Å². The van der Waals surface area contributed by atoms with Gasteiger partial charge in [0.1, 0.15) is 5.82 Å². The molecule has 2 heterocycles. The number of nitrogens with one attached hydrogen (secondary N) is 1. The minimum Gasteiger partial charge on any atom is -0.388 e. The van der Waals surface area contributed by atoms with E-state index in [4.69, 9.17) is 0 Å². The second-order valence-electron chi connectivity index (χ2n) is 5.13. The minimum absolute atomic E-state index is 0.318. The summed E-state index contributed by atoms with van der Waals surface area (Å²) in [7, 11) is 1.94. The predicted molar refractivity (Wildman–Crippen MR) is 69.2 cm³/mol. The fourth-order valence-corrected chi connectivity index (χ4v) is 2.15. The van der Waals surface area contributed by atoms with Gasteiger partial charge in [0, 0.05) is 25.3 Å². The van der Waals surface area contributed by atoms with Crippen LogP contribution in [-0.4, -0.2) is 35.8 Å². The number of hydrogen-bond donors (Lipinski definition) is 2. The molecule has 2 N–H and O–H groups in total. The van der Waals surface area contributed by atoms with E-state index >= 15 is 0 Å². The van der Waals surface area contributed by atoms with Crippen molar-refractivity contribution < 1.29 is 5.11 Å². The highest BCUT2D eigenvalue weighted by Gasteiger charge is 2.31. The van der Waals surface area contributed by atoms with Crippen molar-refractivity contribution in [3.05, 3.63) is 23.9 Å². The van der Waals surface area contributed by atoms with Gasteiger partial charge in [-0.25, -0.2) is 4.98 Å². The third-order valence-corrected chi connectivity index (χ3v) is 3.48. The van der Waals surface area contributed by atoms with Crippen molar-refractivity contribution in [2.45, 2.75) is 31.9 Å². The van der Waals surface area contributed by atoms with Gasteiger partial charge in [-0.2, -0.15) is 0 Å². The summed E-state index contributed by atoms with van der Waals surface area (Å²) in [6.45, 7) is 5.53. The lowest BCUT2D eigenvalue weighted by molar-refractivity contribution is 0.0839. The van der Waals surface area contributed by atoms with Gasteiger partial charge in [0.05, 0.1) is 5.60 Å². The summed E-state index contributed by atoms with van der Waals surface area (Å²) < 4.78 is 0. The van der Waals surface area contributed by atoms with Crippen LogP contribution in [0.2, 0.25) is 0 Å². The van der Waals surface area contributed by atoms with E-state index < -0.39 is 5.60 Å². The lowest BCUT2D eigenvalue weighted by atomic mass is 10.1. The molecular formula is C13H21N3O. The van der Waals surface area contributed by atoms with Gasteiger partial charge in [-0.15, -0.1) is 0 Å². The standard InChI is InChI=1S/C13H21N3O/c1-10(14-3)11-4-5-12(15-8-11)16-7-6-13(2,17)9-16/h4-5,8,10,14,17H,6-7,9H2,1-3H3. The predicted octanol–water partition coefficient (Wildman–Crippen LogP) is 1.32. The van der Waals surface area contributed by atoms with E-state index in [0.717, 1.165) is 18.8 Å². The first-order valence-electron chi connectivity index (χ1n) is 6.12. The van der Waals surface area contributed by atoms with Crippen LogP contribution in [0, 0.1) is 0 Å². The van der Waals surface area contributed by atoms with Crippen LogP contribution in [-0.2, 0) is 0 Å². The zero-order chi connectivity index (χ0) is 12.5. The first-order chi connectivity index (χ1) is 8.02. The molecule has 0 aromatic carbocycles. The molecule has 4 nitrogen and oxygen atoms in total. The summed E-state index contributed by atoms with van der Waals surface area (Å²) in [4.78, 5) is 6.60. The van der Waals surface area contributed by atoms with Crippen LogP contribution in [0.3, 0.4) is 0 Å². The van der Waals surface area contributed by atoms with E-state index in [1.807, 2.05) is 26.2 Å². The van der Waals surface area contributed by atoms with Crippen molar-refractivity contribution in [1.29, 1.82) is 0 Å². The Hall–Kier alpha value is -1.13. The Morgan fingerprint density at radius 1 is 1.53 bits per heavy atom. The molecule has 0 saturated carbocycles. The van der Waals surface area contributed by atoms with E-state index in [-0.39, 0.29) is 0 Å². The van der Waals surface area contributed by atoms with Crippen molar-refractivity contribution in [3.8, 4) is 0 Å². The number of β-amino-alcohol motifs (C(OH)–C–C–N with tert-alkyl or cyclic N) is 1. The Morgan fingerprint density at radius 3 is 2.76 bits per heavy atom. The first-order valence-corrected chi connectivity index (χ1v) is 6.12. The maximum Gasteiger partial charge on any atom is 0.128 e. The fourth-order valence-electron chi connectivity index (χ4n) is 2.15. The molecule has 2 atom stereocenters. The maximum absolute atomic E-state index is 9.93. The first kappa shape index (κ1) is 12.3. The molecule has 1 aromatic heterocycles. The molecular weight excluding hydrogens is 214 g/mol. The quantitative estimate of drug-likeness (QED) is 0.829. The van der Waals surface area contributed by atoms with Gasteiger partial charge in [-0.3, -0.25) is 0 Å². The molecule has 0 bridgehead atoms. The van der Waals surface area contributed by atoms with Crippen molar-refractivity contribution in [2.75, 3.05) is 25.0 Å². The molecule has 0 aliphatic carbocycles. The number of pyridine rings is 1. The Balaban J connectivity index is 2.09. The largest absolute Gasteiger partial charge is 0.388 e. The zero-order valence-corrected chi connectivity index (χ0v) is 10.8. The summed E-state index contributed by atoms with van der Waals surface area (Å²) in [5, 5.41) is 13.1. The molecule has 1 aliphatic heterocycles. The smallest absolute Gasteiger partial charge is 0.128 e. The van der Waals surface area contributed by atoms with Crippen LogP contribution in [0.1, 0.15) is 31.9 Å². The average Bonchev–Trinajstić information content (AvgIpc) is 2.69. The number of rotatable bonds is 3. The number of nitrogens with zero attached hydrogens (tertiary/aromatic N) is 2. The van der Waals surface area contributed by atoms with Gasteiger partial charge in [0.25, 0.3) is 0 Å². The highest BCUT2D eigenvalue weighted by molar-refractivity contribution is 5.41. The monoisotopic (exact) mass is 235 g/mol. The van der Waals surface area contributed by atoms with E-state index in [9.17, 15) is 5.11 Å². The van der Waals surface area contributed by atoms with Gasteiger partial charge in [0.15, 0.2) is 0 Å². The Bertz CT molecular complexity index is 375. The van der Waals surface area contributed by atoms with Crippen LogP contribution >= 0.6 is 0 Å². The topological polar surface area (TPSA) is 48.4 Å². The van der Waals surface area contributed by atoms with Crippen LogP contribution < -0.4 is 10.2 Å². The number of aliphatic hydroxyl groups is 1. The zero-order valence-electron chi connectivity index (χ0n) is 10.8. The third-order valence-electron chi connectivity index (χ3n) is 3.48. The molecule has 1 saturated heterocycles. The second-order valence-corrected chi connectivity index (χ2v) is 5.13. The number of anilines is 1. The van der Waals surface area contributed by atoms with Gasteiger partial charge >= 0.3 is 0 Å². The summed E-state index contributed by atoms with van der Waals surface area (Å²) in [6, 6.07) is 4.44. The second kappa shape index (κ2) is 4.63. The molecule has 1 fully saturated rings. The van der Waals surface area contributed by atoms with Gasteiger partial charge in [-0.05, 0) is 38.9 Å². The molecule has 1 aromatic rings. The molecule has 94 valence electrons. The fraction of sp³-hybridized carbons (Fsp3) is 0.615. The van der Waals surface area contributed by atoms with Gasteiger partial charge in [0.2, 0.25) is 0 Å². The molecule has 0 radical (unpaired) electrons. The molecule has 1 aliphatic rings. The molecule has 4 heteroatoms. The number of hydrogen-bond acceptors (Lipinski definition) is 4. The molecule has 0 amide bonds. The summed E-state index contributed by atoms with van der Waals surface area (Å²) in [6.07, 6.45) is 2.72. The Labute approximate surface area is 103 Å². The van der Waals surface area contributed by atoms with Crippen LogP contribution in [0.25, 0.3) is 0 Å². The summed E-state index contributed by atoms with van der Waals surface area (Å²) in [5.41, 5.74) is 0.612. The normalized spacial score (nSPS) is 26.2. The highest BCUT2D eigenvalue weighted by Crippen LogP contribution is 2.25. The van der Waals surface area contributed by atoms with Crippen molar-refractivity contribution in [3.63, 3.8) is 0 Å². The summed E-state index contributed by atoms with van der Waals surface area (Å²) >= 11 is 0. The molecule has 17 heavy (non-hydrogen) atoms. The Kier molecular flexibility index (Phi) is 3.35. The molecule has 2 unspecified atom stereocenters. The SMILES string of the molecule is CNC(C)c1ccc(N2CCC(C)(O)C2)nc1. The van der Waals surface area contributed by atoms with E-state index in [1.54, 1.807) is 0 Å². The summed E-state index contributed by atoms with van der Waals surface area (Å²) in [5.74, 6) is 0.954. The lowest BCUT2D eigenvalue weighted by Gasteiger charge is -2.20. The third kappa shape index (κ3) is 2.76. The molecule has 2 rings (SSSR count). The van der Waals surface area contributed by atoms with Crippen LogP contribution in [0.5, 0.6) is 0 Å². The highest BCUT2D eigenvalue weighted by atomic mass is 16.3.